The fourth-order valence-electron chi connectivity index (χ4n) is 2.56. The summed E-state index contributed by atoms with van der Waals surface area (Å²) in [6, 6.07) is 5.29. The van der Waals surface area contributed by atoms with Gasteiger partial charge < -0.3 is 10.1 Å². The number of benzene rings is 1. The number of hydrogen-bond donors (Lipinski definition) is 1. The van der Waals surface area contributed by atoms with E-state index in [1.54, 1.807) is 7.11 Å². The largest absolute Gasteiger partial charge is 0.497 e. The van der Waals surface area contributed by atoms with Gasteiger partial charge in [0.15, 0.2) is 0 Å². The molecule has 0 saturated carbocycles. The number of hydrogen-bond acceptors (Lipinski definition) is 2. The Kier molecular flexibility index (Phi) is 9.07. The molecule has 1 unspecified atom stereocenters. The van der Waals surface area contributed by atoms with E-state index in [1.165, 1.54) is 31.7 Å². The van der Waals surface area contributed by atoms with Crippen LogP contribution >= 0.6 is 0 Å². The predicted octanol–water partition coefficient (Wildman–Crippen LogP) is 5.24. The van der Waals surface area contributed by atoms with E-state index in [0.717, 1.165) is 31.4 Å². The average molecular weight is 295 g/mol. The number of halogens is 1. The van der Waals surface area contributed by atoms with Crippen LogP contribution in [-0.2, 0) is 0 Å². The molecule has 1 atom stereocenters. The molecule has 21 heavy (non-hydrogen) atoms. The van der Waals surface area contributed by atoms with Crippen LogP contribution in [0.1, 0.15) is 70.4 Å². The Labute approximate surface area is 129 Å². The molecule has 1 aromatic carbocycles. The van der Waals surface area contributed by atoms with Gasteiger partial charge in [0.2, 0.25) is 0 Å². The second-order valence-electron chi connectivity index (χ2n) is 5.60. The molecule has 0 saturated heterocycles. The average Bonchev–Trinajstić information content (AvgIpc) is 2.50. The lowest BCUT2D eigenvalue weighted by molar-refractivity contribution is 0.407. The van der Waals surface area contributed by atoms with Crippen LogP contribution in [0.2, 0.25) is 0 Å². The van der Waals surface area contributed by atoms with E-state index in [2.05, 4.69) is 19.2 Å². The van der Waals surface area contributed by atoms with E-state index < -0.39 is 0 Å². The number of nitrogens with one attached hydrogen (secondary N) is 1. The molecule has 1 rings (SSSR count). The highest BCUT2D eigenvalue weighted by atomic mass is 19.1. The van der Waals surface area contributed by atoms with Gasteiger partial charge in [-0.05, 0) is 25.5 Å². The van der Waals surface area contributed by atoms with Gasteiger partial charge in [-0.1, -0.05) is 52.0 Å². The number of rotatable bonds is 11. The van der Waals surface area contributed by atoms with E-state index in [1.807, 2.05) is 12.1 Å². The molecule has 0 aliphatic carbocycles. The van der Waals surface area contributed by atoms with Gasteiger partial charge in [-0.25, -0.2) is 4.39 Å². The van der Waals surface area contributed by atoms with Crippen LogP contribution in [0.25, 0.3) is 0 Å². The fraction of sp³-hybridized carbons (Fsp3) is 0.667. The zero-order valence-electron chi connectivity index (χ0n) is 13.8. The monoisotopic (exact) mass is 295 g/mol. The maximum Gasteiger partial charge on any atom is 0.131 e. The van der Waals surface area contributed by atoms with Gasteiger partial charge in [0.05, 0.1) is 7.11 Å². The maximum atomic E-state index is 14.2. The number of methoxy groups -OCH3 is 1. The van der Waals surface area contributed by atoms with Crippen molar-refractivity contribution >= 4 is 0 Å². The first-order valence-electron chi connectivity index (χ1n) is 8.29. The van der Waals surface area contributed by atoms with Crippen molar-refractivity contribution < 1.29 is 9.13 Å². The summed E-state index contributed by atoms with van der Waals surface area (Å²) in [4.78, 5) is 0. The highest BCUT2D eigenvalue weighted by molar-refractivity contribution is 5.30. The van der Waals surface area contributed by atoms with Crippen LogP contribution in [0, 0.1) is 5.82 Å². The van der Waals surface area contributed by atoms with E-state index in [4.69, 9.17) is 4.74 Å². The SMILES string of the molecule is CCCCCCCC(NCCC)c1ccc(OC)cc1F. The summed E-state index contributed by atoms with van der Waals surface area (Å²) in [5, 5.41) is 3.47. The first-order valence-corrected chi connectivity index (χ1v) is 8.29. The molecule has 0 aliphatic heterocycles. The lowest BCUT2D eigenvalue weighted by Gasteiger charge is -2.20. The first kappa shape index (κ1) is 18.0. The van der Waals surface area contributed by atoms with Gasteiger partial charge in [-0.15, -0.1) is 0 Å². The molecule has 2 nitrogen and oxygen atoms in total. The third kappa shape index (κ3) is 6.47. The van der Waals surface area contributed by atoms with Crippen molar-refractivity contribution in [3.05, 3.63) is 29.6 Å². The van der Waals surface area contributed by atoms with Crippen LogP contribution < -0.4 is 10.1 Å². The van der Waals surface area contributed by atoms with Crippen LogP contribution in [0.15, 0.2) is 18.2 Å². The van der Waals surface area contributed by atoms with Crippen molar-refractivity contribution in [1.82, 2.24) is 5.32 Å². The fourth-order valence-corrected chi connectivity index (χ4v) is 2.56. The Hall–Kier alpha value is -1.09. The van der Waals surface area contributed by atoms with Crippen LogP contribution in [0.4, 0.5) is 4.39 Å². The van der Waals surface area contributed by atoms with Crippen molar-refractivity contribution in [2.24, 2.45) is 0 Å². The van der Waals surface area contributed by atoms with Gasteiger partial charge in [-0.3, -0.25) is 0 Å². The quantitative estimate of drug-likeness (QED) is 0.564. The second-order valence-corrected chi connectivity index (χ2v) is 5.60. The van der Waals surface area contributed by atoms with E-state index in [0.29, 0.717) is 5.75 Å². The normalized spacial score (nSPS) is 12.4. The second kappa shape index (κ2) is 10.6. The van der Waals surface area contributed by atoms with Crippen LogP contribution in [0.3, 0.4) is 0 Å². The topological polar surface area (TPSA) is 21.3 Å². The summed E-state index contributed by atoms with van der Waals surface area (Å²) >= 11 is 0. The third-order valence-corrected chi connectivity index (χ3v) is 3.82. The van der Waals surface area contributed by atoms with Gasteiger partial charge in [-0.2, -0.15) is 0 Å². The van der Waals surface area contributed by atoms with Crippen molar-refractivity contribution in [2.75, 3.05) is 13.7 Å². The molecule has 0 fully saturated rings. The van der Waals surface area contributed by atoms with E-state index >= 15 is 0 Å². The molecule has 0 amide bonds. The standard InChI is InChI=1S/C18H30FNO/c1-4-6-7-8-9-10-18(20-13-5-2)16-12-11-15(21-3)14-17(16)19/h11-12,14,18,20H,4-10,13H2,1-3H3. The minimum Gasteiger partial charge on any atom is -0.497 e. The zero-order valence-corrected chi connectivity index (χ0v) is 13.8. The summed E-state index contributed by atoms with van der Waals surface area (Å²) in [5.41, 5.74) is 0.764. The van der Waals surface area contributed by atoms with Crippen LogP contribution in [0.5, 0.6) is 5.75 Å². The summed E-state index contributed by atoms with van der Waals surface area (Å²) in [6.45, 7) is 5.28. The Morgan fingerprint density at radius 1 is 1.10 bits per heavy atom. The molecule has 1 aromatic rings. The van der Waals surface area contributed by atoms with Gasteiger partial charge in [0.1, 0.15) is 11.6 Å². The summed E-state index contributed by atoms with van der Waals surface area (Å²) in [5.74, 6) is 0.407. The van der Waals surface area contributed by atoms with E-state index in [-0.39, 0.29) is 11.9 Å². The number of ether oxygens (including phenoxy) is 1. The molecular weight excluding hydrogens is 265 g/mol. The minimum atomic E-state index is -0.170. The molecule has 0 heterocycles. The molecule has 0 spiro atoms. The maximum absolute atomic E-state index is 14.2. The first-order chi connectivity index (χ1) is 10.2. The Morgan fingerprint density at radius 3 is 2.48 bits per heavy atom. The Bertz CT molecular complexity index is 395. The van der Waals surface area contributed by atoms with Gasteiger partial charge in [0.25, 0.3) is 0 Å². The summed E-state index contributed by atoms with van der Waals surface area (Å²) < 4.78 is 19.3. The third-order valence-electron chi connectivity index (χ3n) is 3.82. The Morgan fingerprint density at radius 2 is 1.86 bits per heavy atom. The molecule has 3 heteroatoms. The molecule has 120 valence electrons. The minimum absolute atomic E-state index is 0.109. The highest BCUT2D eigenvalue weighted by Gasteiger charge is 2.15. The number of unbranched alkanes of at least 4 members (excludes halogenated alkanes) is 4. The van der Waals surface area contributed by atoms with Crippen molar-refractivity contribution in [1.29, 1.82) is 0 Å². The van der Waals surface area contributed by atoms with Crippen molar-refractivity contribution in [2.45, 2.75) is 64.8 Å². The van der Waals surface area contributed by atoms with Crippen LogP contribution in [-0.4, -0.2) is 13.7 Å². The Balaban J connectivity index is 2.63. The zero-order chi connectivity index (χ0) is 15.5. The van der Waals surface area contributed by atoms with E-state index in [9.17, 15) is 4.39 Å². The summed E-state index contributed by atoms with van der Waals surface area (Å²) in [7, 11) is 1.56. The van der Waals surface area contributed by atoms with Gasteiger partial charge in [0, 0.05) is 17.7 Å². The highest BCUT2D eigenvalue weighted by Crippen LogP contribution is 2.26. The predicted molar refractivity (Wildman–Crippen MR) is 87.4 cm³/mol. The molecule has 1 N–H and O–H groups in total. The molecule has 0 aromatic heterocycles. The van der Waals surface area contributed by atoms with Crippen molar-refractivity contribution in [3.8, 4) is 5.75 Å². The lowest BCUT2D eigenvalue weighted by atomic mass is 9.99. The van der Waals surface area contributed by atoms with Crippen molar-refractivity contribution in [3.63, 3.8) is 0 Å². The molecule has 0 radical (unpaired) electrons. The molecule has 0 aliphatic rings. The summed E-state index contributed by atoms with van der Waals surface area (Å²) in [6.07, 6.45) is 8.26. The van der Waals surface area contributed by atoms with Gasteiger partial charge >= 0.3 is 0 Å². The smallest absolute Gasteiger partial charge is 0.131 e. The molecular formula is C18H30FNO. The molecule has 0 bridgehead atoms. The lowest BCUT2D eigenvalue weighted by Crippen LogP contribution is -2.23.